The minimum absolute atomic E-state index is 0.0188. The normalized spacial score (nSPS) is 20.6. The number of ether oxygens (including phenoxy) is 1. The third-order valence-corrected chi connectivity index (χ3v) is 8.61. The highest BCUT2D eigenvalue weighted by atomic mass is 16.6. The van der Waals surface area contributed by atoms with Crippen LogP contribution in [0.2, 0.25) is 0 Å². The molecule has 3 unspecified atom stereocenters. The summed E-state index contributed by atoms with van der Waals surface area (Å²) in [4.78, 5) is 63.2. The number of nitrogens with two attached hydrogens (primary N) is 1. The Bertz CT molecular complexity index is 1100. The number of carbonyl (C=O) groups is 5. The number of alkyl carbamates (subject to hydrolysis) is 1. The van der Waals surface area contributed by atoms with Crippen molar-refractivity contribution in [2.24, 2.45) is 23.5 Å². The van der Waals surface area contributed by atoms with Crippen molar-refractivity contribution in [2.45, 2.75) is 115 Å². The lowest BCUT2D eigenvalue weighted by molar-refractivity contribution is -0.136. The molecule has 13 heteroatoms. The van der Waals surface area contributed by atoms with Gasteiger partial charge in [0.15, 0.2) is 0 Å². The molecule has 2 aliphatic carbocycles. The molecule has 6 atom stereocenters. The van der Waals surface area contributed by atoms with Crippen LogP contribution in [0.5, 0.6) is 0 Å². The number of allylic oxidation sites excluding steroid dienone is 4. The number of amides is 5. The molecule has 7 N–H and O–H groups in total. The number of aliphatic hydroxyl groups excluding tert-OH is 1. The Labute approximate surface area is 279 Å². The lowest BCUT2D eigenvalue weighted by atomic mass is 10.0. The molecule has 0 aliphatic heterocycles. The predicted octanol–water partition coefficient (Wildman–Crippen LogP) is 1.89. The van der Waals surface area contributed by atoms with Gasteiger partial charge in [0.2, 0.25) is 17.7 Å². The molecule has 266 valence electrons. The number of unbranched alkanes of at least 4 members (excludes halogenated alkanes) is 7. The Hall–Kier alpha value is -3.45. The van der Waals surface area contributed by atoms with Crippen molar-refractivity contribution in [3.63, 3.8) is 0 Å². The molecule has 2 rings (SSSR count). The Kier molecular flexibility index (Phi) is 16.4. The number of hydrogen-bond donors (Lipinski definition) is 6. The van der Waals surface area contributed by atoms with Crippen LogP contribution in [-0.4, -0.2) is 97.2 Å². The molecule has 0 aromatic heterocycles. The Morgan fingerprint density at radius 2 is 1.40 bits per heavy atom. The van der Waals surface area contributed by atoms with Crippen LogP contribution in [0.15, 0.2) is 24.3 Å². The van der Waals surface area contributed by atoms with Gasteiger partial charge in [-0.05, 0) is 52.5 Å². The topological polar surface area (TPSA) is 192 Å². The van der Waals surface area contributed by atoms with E-state index in [0.717, 1.165) is 51.4 Å². The SMILES string of the molecule is CN[C@@H](CCCCCCCCCC[C@H](NC(=O)OC(C)(C)C)C(N)=O)C(O)C(=O)NCC(=O)N[C@H](C(=O)N(C)C)C1C2C=CC=CC21. The van der Waals surface area contributed by atoms with Crippen LogP contribution in [0.3, 0.4) is 0 Å². The largest absolute Gasteiger partial charge is 0.444 e. The molecule has 13 nitrogen and oxygen atoms in total. The first-order valence-corrected chi connectivity index (χ1v) is 16.9. The van der Waals surface area contributed by atoms with E-state index < -0.39 is 53.6 Å². The Morgan fingerprint density at radius 3 is 1.89 bits per heavy atom. The van der Waals surface area contributed by atoms with Gasteiger partial charge in [-0.2, -0.15) is 0 Å². The van der Waals surface area contributed by atoms with Crippen LogP contribution < -0.4 is 27.0 Å². The first-order chi connectivity index (χ1) is 22.2. The molecule has 47 heavy (non-hydrogen) atoms. The van der Waals surface area contributed by atoms with Gasteiger partial charge in [0, 0.05) is 26.1 Å². The van der Waals surface area contributed by atoms with Gasteiger partial charge in [-0.15, -0.1) is 0 Å². The van der Waals surface area contributed by atoms with Crippen molar-refractivity contribution in [2.75, 3.05) is 27.7 Å². The summed E-state index contributed by atoms with van der Waals surface area (Å²) >= 11 is 0. The number of fused-ring (bicyclic) bond motifs is 1. The molecule has 0 radical (unpaired) electrons. The average molecular weight is 663 g/mol. The summed E-state index contributed by atoms with van der Waals surface area (Å²) in [5.74, 6) is -1.47. The molecular formula is C34H58N6O7. The number of rotatable bonds is 21. The van der Waals surface area contributed by atoms with Crippen molar-refractivity contribution < 1.29 is 33.8 Å². The maximum Gasteiger partial charge on any atom is 0.408 e. The number of hydrogen-bond acceptors (Lipinski definition) is 8. The van der Waals surface area contributed by atoms with Crippen molar-refractivity contribution in [3.8, 4) is 0 Å². The van der Waals surface area contributed by atoms with Gasteiger partial charge in [0.1, 0.15) is 23.8 Å². The number of primary amides is 1. The van der Waals surface area contributed by atoms with Crippen LogP contribution in [0.4, 0.5) is 4.79 Å². The minimum atomic E-state index is -1.32. The first-order valence-electron chi connectivity index (χ1n) is 16.9. The lowest BCUT2D eigenvalue weighted by Gasteiger charge is -2.23. The summed E-state index contributed by atoms with van der Waals surface area (Å²) in [6.07, 6.45) is 14.7. The number of nitrogens with zero attached hydrogens (tertiary/aromatic N) is 1. The summed E-state index contributed by atoms with van der Waals surface area (Å²) in [6.45, 7) is 4.92. The van der Waals surface area contributed by atoms with Gasteiger partial charge in [0.25, 0.3) is 5.91 Å². The van der Waals surface area contributed by atoms with E-state index in [1.54, 1.807) is 41.9 Å². The number of nitrogens with one attached hydrogen (secondary N) is 4. The maximum atomic E-state index is 12.8. The third-order valence-electron chi connectivity index (χ3n) is 8.61. The van der Waals surface area contributed by atoms with E-state index >= 15 is 0 Å². The highest BCUT2D eigenvalue weighted by molar-refractivity contribution is 5.91. The Morgan fingerprint density at radius 1 is 0.872 bits per heavy atom. The standard InChI is InChI=1S/C34H58N6O7/c1-34(2,3)47-33(46)38-25(30(35)43)20-14-12-10-8-7-9-11-13-19-24(36-4)29(42)31(44)37-21-26(41)39-28(32(45)40(5)6)27-22-17-15-16-18-23(22)27/h15-18,22-25,27-29,36,42H,7-14,19-21H2,1-6H3,(H2,35,43)(H,37,44)(H,38,46)(H,39,41)/t22?,23?,24-,25-,27?,28-,29?/m0/s1. The van der Waals surface area contributed by atoms with Crippen LogP contribution in [0.1, 0.15) is 85.0 Å². The average Bonchev–Trinajstić information content (AvgIpc) is 3.73. The van der Waals surface area contributed by atoms with Crippen molar-refractivity contribution in [3.05, 3.63) is 24.3 Å². The summed E-state index contributed by atoms with van der Waals surface area (Å²) in [5, 5.41) is 21.5. The maximum absolute atomic E-state index is 12.8. The molecule has 2 aliphatic rings. The fraction of sp³-hybridized carbons (Fsp3) is 0.735. The van der Waals surface area contributed by atoms with Crippen LogP contribution in [0.25, 0.3) is 0 Å². The van der Waals surface area contributed by atoms with E-state index in [-0.39, 0.29) is 30.2 Å². The number of aliphatic hydroxyl groups is 1. The van der Waals surface area contributed by atoms with E-state index in [1.165, 1.54) is 4.90 Å². The summed E-state index contributed by atoms with van der Waals surface area (Å²) < 4.78 is 5.20. The molecule has 0 saturated heterocycles. The van der Waals surface area contributed by atoms with E-state index in [1.807, 2.05) is 12.2 Å². The second kappa shape index (κ2) is 19.4. The van der Waals surface area contributed by atoms with Gasteiger partial charge < -0.3 is 41.7 Å². The highest BCUT2D eigenvalue weighted by Crippen LogP contribution is 2.52. The van der Waals surface area contributed by atoms with Crippen LogP contribution >= 0.6 is 0 Å². The Balaban J connectivity index is 1.60. The first kappa shape index (κ1) is 39.7. The lowest BCUT2D eigenvalue weighted by Crippen LogP contribution is -2.53. The molecule has 0 spiro atoms. The fourth-order valence-corrected chi connectivity index (χ4v) is 5.98. The van der Waals surface area contributed by atoms with Gasteiger partial charge in [-0.25, -0.2) is 4.79 Å². The summed E-state index contributed by atoms with van der Waals surface area (Å²) in [5.41, 5.74) is 4.78. The quantitative estimate of drug-likeness (QED) is 0.100. The van der Waals surface area contributed by atoms with Crippen molar-refractivity contribution >= 4 is 29.7 Å². The van der Waals surface area contributed by atoms with Gasteiger partial charge in [0.05, 0.1) is 6.54 Å². The summed E-state index contributed by atoms with van der Waals surface area (Å²) in [7, 11) is 4.99. The number of likely N-dealkylation sites (N-methyl/N-ethyl adjacent to an activating group) is 2. The zero-order valence-electron chi connectivity index (χ0n) is 29.1. The molecule has 0 aromatic carbocycles. The number of carbonyl (C=O) groups excluding carboxylic acids is 5. The second-order valence-electron chi connectivity index (χ2n) is 13.8. The smallest absolute Gasteiger partial charge is 0.408 e. The third kappa shape index (κ3) is 14.1. The molecular weight excluding hydrogens is 604 g/mol. The van der Waals surface area contributed by atoms with E-state index in [4.69, 9.17) is 10.5 Å². The van der Waals surface area contributed by atoms with E-state index in [2.05, 4.69) is 33.4 Å². The predicted molar refractivity (Wildman–Crippen MR) is 180 cm³/mol. The minimum Gasteiger partial charge on any atom is -0.444 e. The van der Waals surface area contributed by atoms with E-state index in [0.29, 0.717) is 12.8 Å². The molecule has 1 saturated carbocycles. The summed E-state index contributed by atoms with van der Waals surface area (Å²) in [6, 6.07) is -1.89. The second-order valence-corrected chi connectivity index (χ2v) is 13.8. The van der Waals surface area contributed by atoms with Gasteiger partial charge >= 0.3 is 6.09 Å². The molecule has 0 bridgehead atoms. The van der Waals surface area contributed by atoms with Crippen LogP contribution in [0, 0.1) is 17.8 Å². The van der Waals surface area contributed by atoms with Crippen molar-refractivity contribution in [1.29, 1.82) is 0 Å². The highest BCUT2D eigenvalue weighted by Gasteiger charge is 2.54. The van der Waals surface area contributed by atoms with Crippen LogP contribution in [-0.2, 0) is 23.9 Å². The fourth-order valence-electron chi connectivity index (χ4n) is 5.98. The van der Waals surface area contributed by atoms with Crippen molar-refractivity contribution in [1.82, 2.24) is 26.2 Å². The molecule has 5 amide bonds. The zero-order valence-corrected chi connectivity index (χ0v) is 29.1. The monoisotopic (exact) mass is 662 g/mol. The molecule has 1 fully saturated rings. The zero-order chi connectivity index (χ0) is 35.1. The van der Waals surface area contributed by atoms with Gasteiger partial charge in [-0.1, -0.05) is 75.7 Å². The molecule has 0 aromatic rings. The van der Waals surface area contributed by atoms with Gasteiger partial charge in [-0.3, -0.25) is 19.2 Å². The van der Waals surface area contributed by atoms with E-state index in [9.17, 15) is 29.1 Å². The molecule has 0 heterocycles.